The summed E-state index contributed by atoms with van der Waals surface area (Å²) in [7, 11) is 0. The third-order valence-corrected chi connectivity index (χ3v) is 5.07. The van der Waals surface area contributed by atoms with Gasteiger partial charge in [0.15, 0.2) is 0 Å². The Labute approximate surface area is 165 Å². The lowest BCUT2D eigenvalue weighted by atomic mass is 10.1. The van der Waals surface area contributed by atoms with Gasteiger partial charge in [-0.1, -0.05) is 0 Å². The van der Waals surface area contributed by atoms with Gasteiger partial charge in [0, 0.05) is 48.5 Å². The molecule has 3 aromatic rings. The molecule has 0 aliphatic carbocycles. The van der Waals surface area contributed by atoms with E-state index in [4.69, 9.17) is 4.98 Å². The van der Waals surface area contributed by atoms with Crippen LogP contribution in [0.25, 0.3) is 11.3 Å². The van der Waals surface area contributed by atoms with Gasteiger partial charge in [-0.25, -0.2) is 9.97 Å². The van der Waals surface area contributed by atoms with Gasteiger partial charge in [-0.3, -0.25) is 4.68 Å². The summed E-state index contributed by atoms with van der Waals surface area (Å²) in [5, 5.41) is 17.0. The topological polar surface area (TPSA) is 79.1 Å². The van der Waals surface area contributed by atoms with Crippen LogP contribution >= 0.6 is 0 Å². The van der Waals surface area contributed by atoms with Crippen LogP contribution in [0.4, 0.5) is 17.3 Å². The highest BCUT2D eigenvalue weighted by Gasteiger charge is 2.19. The molecule has 7 nitrogen and oxygen atoms in total. The van der Waals surface area contributed by atoms with E-state index in [9.17, 15) is 5.11 Å². The maximum absolute atomic E-state index is 9.20. The summed E-state index contributed by atoms with van der Waals surface area (Å²) in [6.45, 7) is 8.01. The van der Waals surface area contributed by atoms with Crippen molar-refractivity contribution in [3.8, 4) is 11.3 Å². The van der Waals surface area contributed by atoms with Crippen LogP contribution in [0.1, 0.15) is 31.0 Å². The van der Waals surface area contributed by atoms with Gasteiger partial charge in [0.2, 0.25) is 5.95 Å². The van der Waals surface area contributed by atoms with Crippen molar-refractivity contribution in [2.24, 2.45) is 0 Å². The molecular weight excluding hydrogens is 352 g/mol. The molecular formula is C21H26N6O. The number of benzene rings is 1. The van der Waals surface area contributed by atoms with Gasteiger partial charge in [0.05, 0.1) is 18.5 Å². The number of β-amino-alcohol motifs (C(OH)–C–C–N with tert-alkyl or cyclic N) is 1. The zero-order valence-electron chi connectivity index (χ0n) is 16.6. The van der Waals surface area contributed by atoms with Crippen LogP contribution in [0, 0.1) is 6.92 Å². The van der Waals surface area contributed by atoms with Crippen molar-refractivity contribution < 1.29 is 5.11 Å². The summed E-state index contributed by atoms with van der Waals surface area (Å²) in [5.74, 6) is 0.572. The monoisotopic (exact) mass is 378 g/mol. The molecule has 1 aliphatic heterocycles. The molecule has 0 radical (unpaired) electrons. The fourth-order valence-corrected chi connectivity index (χ4v) is 3.57. The summed E-state index contributed by atoms with van der Waals surface area (Å²) in [4.78, 5) is 11.4. The van der Waals surface area contributed by atoms with Crippen LogP contribution in [0.5, 0.6) is 0 Å². The summed E-state index contributed by atoms with van der Waals surface area (Å²) < 4.78 is 1.93. The van der Waals surface area contributed by atoms with Gasteiger partial charge < -0.3 is 15.3 Å². The Balaban J connectivity index is 1.57. The average molecular weight is 378 g/mol. The van der Waals surface area contributed by atoms with Gasteiger partial charge in [-0.05, 0) is 56.5 Å². The minimum Gasteiger partial charge on any atom is -0.395 e. The third-order valence-electron chi connectivity index (χ3n) is 5.07. The van der Waals surface area contributed by atoms with Crippen molar-refractivity contribution in [3.63, 3.8) is 0 Å². The summed E-state index contributed by atoms with van der Waals surface area (Å²) >= 11 is 0. The average Bonchev–Trinajstić information content (AvgIpc) is 3.31. The van der Waals surface area contributed by atoms with E-state index in [1.807, 2.05) is 36.3 Å². The first-order chi connectivity index (χ1) is 13.5. The molecule has 1 aromatic carbocycles. The Morgan fingerprint density at radius 2 is 2.11 bits per heavy atom. The van der Waals surface area contributed by atoms with E-state index in [0.29, 0.717) is 18.5 Å². The van der Waals surface area contributed by atoms with E-state index in [1.165, 1.54) is 11.3 Å². The van der Waals surface area contributed by atoms with E-state index < -0.39 is 0 Å². The van der Waals surface area contributed by atoms with Gasteiger partial charge in [-0.15, -0.1) is 0 Å². The number of anilines is 3. The molecule has 0 saturated heterocycles. The van der Waals surface area contributed by atoms with E-state index in [2.05, 4.69) is 46.3 Å². The molecule has 3 heterocycles. The Bertz CT molecular complexity index is 981. The summed E-state index contributed by atoms with van der Waals surface area (Å²) in [5.41, 5.74) is 6.35. The molecule has 2 aromatic heterocycles. The molecule has 2 N–H and O–H groups in total. The number of aryl methyl sites for hydroxylation is 1. The molecule has 28 heavy (non-hydrogen) atoms. The molecule has 0 unspecified atom stereocenters. The lowest BCUT2D eigenvalue weighted by Gasteiger charge is -2.18. The van der Waals surface area contributed by atoms with Crippen LogP contribution in [-0.4, -0.2) is 44.6 Å². The summed E-state index contributed by atoms with van der Waals surface area (Å²) in [6.07, 6.45) is 6.70. The Hall–Kier alpha value is -2.93. The number of hydrogen-bond acceptors (Lipinski definition) is 6. The molecule has 1 aliphatic rings. The molecule has 4 rings (SSSR count). The van der Waals surface area contributed by atoms with Crippen LogP contribution < -0.4 is 10.2 Å². The van der Waals surface area contributed by atoms with Crippen LogP contribution in [0.2, 0.25) is 0 Å². The van der Waals surface area contributed by atoms with E-state index in [-0.39, 0.29) is 6.61 Å². The molecule has 146 valence electrons. The Morgan fingerprint density at radius 3 is 2.86 bits per heavy atom. The van der Waals surface area contributed by atoms with Gasteiger partial charge in [0.25, 0.3) is 0 Å². The number of nitrogens with one attached hydrogen (secondary N) is 1. The fourth-order valence-electron chi connectivity index (χ4n) is 3.57. The first-order valence-corrected chi connectivity index (χ1v) is 9.69. The SMILES string of the molecule is Cc1cnc(Nc2ccc3c(c2)CCN3CCO)nc1-c1cnn(C(C)C)c1. The van der Waals surface area contributed by atoms with E-state index >= 15 is 0 Å². The largest absolute Gasteiger partial charge is 0.395 e. The lowest BCUT2D eigenvalue weighted by molar-refractivity contribution is 0.303. The van der Waals surface area contributed by atoms with Crippen molar-refractivity contribution in [1.82, 2.24) is 19.7 Å². The number of fused-ring (bicyclic) bond motifs is 1. The number of hydrogen-bond donors (Lipinski definition) is 2. The standard InChI is InChI=1S/C21H26N6O/c1-14(2)27-13-17(12-23-27)20-15(3)11-22-21(25-20)24-18-4-5-19-16(10-18)6-7-26(19)8-9-28/h4-5,10-14,28H,6-9H2,1-3H3,(H,22,24,25). The number of aliphatic hydroxyl groups is 1. The molecule has 0 bridgehead atoms. The number of aromatic nitrogens is 4. The zero-order chi connectivity index (χ0) is 19.7. The number of aliphatic hydroxyl groups excluding tert-OH is 1. The van der Waals surface area contributed by atoms with E-state index in [1.54, 1.807) is 0 Å². The van der Waals surface area contributed by atoms with Crippen molar-refractivity contribution in [2.45, 2.75) is 33.2 Å². The molecule has 0 saturated carbocycles. The van der Waals surface area contributed by atoms with Crippen LogP contribution in [0.15, 0.2) is 36.8 Å². The summed E-state index contributed by atoms with van der Waals surface area (Å²) in [6, 6.07) is 6.59. The minimum absolute atomic E-state index is 0.173. The maximum Gasteiger partial charge on any atom is 0.227 e. The normalized spacial score (nSPS) is 13.2. The highest BCUT2D eigenvalue weighted by atomic mass is 16.3. The van der Waals surface area contributed by atoms with Gasteiger partial charge in [-0.2, -0.15) is 5.10 Å². The predicted octanol–water partition coefficient (Wildman–Crippen LogP) is 3.33. The number of nitrogens with zero attached hydrogens (tertiary/aromatic N) is 5. The lowest BCUT2D eigenvalue weighted by Crippen LogP contribution is -2.23. The Kier molecular flexibility index (Phi) is 5.00. The third kappa shape index (κ3) is 3.57. The van der Waals surface area contributed by atoms with Crippen molar-refractivity contribution in [1.29, 1.82) is 0 Å². The second-order valence-electron chi connectivity index (χ2n) is 7.46. The van der Waals surface area contributed by atoms with Crippen LogP contribution in [0.3, 0.4) is 0 Å². The van der Waals surface area contributed by atoms with Gasteiger partial charge in [0.1, 0.15) is 0 Å². The quantitative estimate of drug-likeness (QED) is 0.685. The smallest absolute Gasteiger partial charge is 0.227 e. The Morgan fingerprint density at radius 1 is 1.25 bits per heavy atom. The second kappa shape index (κ2) is 7.59. The van der Waals surface area contributed by atoms with Crippen molar-refractivity contribution in [3.05, 3.63) is 47.9 Å². The predicted molar refractivity (Wildman–Crippen MR) is 111 cm³/mol. The van der Waals surface area contributed by atoms with Crippen molar-refractivity contribution in [2.75, 3.05) is 29.9 Å². The zero-order valence-corrected chi connectivity index (χ0v) is 16.6. The highest BCUT2D eigenvalue weighted by molar-refractivity contribution is 5.68. The molecule has 0 amide bonds. The van der Waals surface area contributed by atoms with Crippen molar-refractivity contribution >= 4 is 17.3 Å². The molecule has 0 spiro atoms. The molecule has 0 atom stereocenters. The first kappa shape index (κ1) is 18.4. The second-order valence-corrected chi connectivity index (χ2v) is 7.46. The molecule has 0 fully saturated rings. The van der Waals surface area contributed by atoms with Gasteiger partial charge >= 0.3 is 0 Å². The van der Waals surface area contributed by atoms with Crippen LogP contribution in [-0.2, 0) is 6.42 Å². The molecule has 7 heteroatoms. The fraction of sp³-hybridized carbons (Fsp3) is 0.381. The van der Waals surface area contributed by atoms with E-state index in [0.717, 1.165) is 35.5 Å². The first-order valence-electron chi connectivity index (χ1n) is 9.69. The highest BCUT2D eigenvalue weighted by Crippen LogP contribution is 2.31. The number of rotatable bonds is 6. The maximum atomic E-state index is 9.20. The minimum atomic E-state index is 0.173.